The van der Waals surface area contributed by atoms with Crippen molar-refractivity contribution in [2.24, 2.45) is 5.10 Å². The summed E-state index contributed by atoms with van der Waals surface area (Å²) in [4.78, 5) is 35.3. The van der Waals surface area contributed by atoms with Crippen molar-refractivity contribution in [3.63, 3.8) is 0 Å². The minimum absolute atomic E-state index is 0.0710. The lowest BCUT2D eigenvalue weighted by Gasteiger charge is -2.28. The largest absolute Gasteiger partial charge is 0.479 e. The average molecular weight is 321 g/mol. The Morgan fingerprint density at radius 2 is 1.91 bits per heavy atom. The van der Waals surface area contributed by atoms with E-state index < -0.39 is 23.2 Å². The van der Waals surface area contributed by atoms with E-state index in [4.69, 9.17) is 0 Å². The van der Waals surface area contributed by atoms with Crippen LogP contribution in [0.4, 0.5) is 4.39 Å². The van der Waals surface area contributed by atoms with Gasteiger partial charge in [-0.25, -0.2) is 14.2 Å². The number of halogens is 1. The lowest BCUT2D eigenvalue weighted by Crippen LogP contribution is -2.52. The van der Waals surface area contributed by atoms with Gasteiger partial charge in [0.05, 0.1) is 0 Å². The minimum atomic E-state index is -1.74. The Balaban J connectivity index is 2.28. The van der Waals surface area contributed by atoms with Gasteiger partial charge in [0.2, 0.25) is 5.91 Å². The van der Waals surface area contributed by atoms with E-state index in [1.807, 2.05) is 0 Å². The number of benzene rings is 1. The van der Waals surface area contributed by atoms with Crippen LogP contribution in [0.15, 0.2) is 29.4 Å². The van der Waals surface area contributed by atoms with Crippen molar-refractivity contribution in [1.29, 1.82) is 0 Å². The third kappa shape index (κ3) is 3.36. The quantitative estimate of drug-likeness (QED) is 0.859. The van der Waals surface area contributed by atoms with Crippen molar-refractivity contribution in [2.75, 3.05) is 7.05 Å². The molecule has 0 aliphatic carbocycles. The zero-order valence-corrected chi connectivity index (χ0v) is 12.7. The first-order chi connectivity index (χ1) is 10.7. The standard InChI is InChI=1S/C15H16FN3O4/c1-15(14(22)23,9-3-5-10(16)6-4-9)17-13(21)11-7-8-12(20)19(2)18-11/h3-6H,7-8H2,1-2H3,(H,17,21)(H,22,23). The summed E-state index contributed by atoms with van der Waals surface area (Å²) in [5.41, 5.74) is -1.45. The molecule has 2 rings (SSSR count). The van der Waals surface area contributed by atoms with Gasteiger partial charge >= 0.3 is 5.97 Å². The molecule has 0 spiro atoms. The molecule has 2 amide bonds. The van der Waals surface area contributed by atoms with Gasteiger partial charge in [0, 0.05) is 19.9 Å². The zero-order chi connectivity index (χ0) is 17.2. The highest BCUT2D eigenvalue weighted by Crippen LogP contribution is 2.22. The molecule has 1 heterocycles. The van der Waals surface area contributed by atoms with E-state index in [2.05, 4.69) is 10.4 Å². The van der Waals surface area contributed by atoms with Crippen molar-refractivity contribution in [3.8, 4) is 0 Å². The summed E-state index contributed by atoms with van der Waals surface area (Å²) in [6, 6.07) is 4.82. The first-order valence-corrected chi connectivity index (χ1v) is 6.90. The fourth-order valence-electron chi connectivity index (χ4n) is 2.16. The topological polar surface area (TPSA) is 99.1 Å². The molecule has 23 heavy (non-hydrogen) atoms. The normalized spacial score (nSPS) is 17.3. The number of carbonyl (C=O) groups is 3. The van der Waals surface area contributed by atoms with Crippen LogP contribution in [0, 0.1) is 5.82 Å². The number of carbonyl (C=O) groups excluding carboxylic acids is 2. The number of carboxylic acid groups (broad SMARTS) is 1. The number of rotatable bonds is 4. The average Bonchev–Trinajstić information content (AvgIpc) is 2.50. The van der Waals surface area contributed by atoms with E-state index >= 15 is 0 Å². The summed E-state index contributed by atoms with van der Waals surface area (Å²) < 4.78 is 13.0. The summed E-state index contributed by atoms with van der Waals surface area (Å²) in [5.74, 6) is -2.71. The molecule has 1 aromatic rings. The highest BCUT2D eigenvalue weighted by molar-refractivity contribution is 6.40. The van der Waals surface area contributed by atoms with Crippen LogP contribution in [-0.2, 0) is 19.9 Å². The second-order valence-electron chi connectivity index (χ2n) is 5.36. The minimum Gasteiger partial charge on any atom is -0.479 e. The summed E-state index contributed by atoms with van der Waals surface area (Å²) >= 11 is 0. The molecule has 2 N–H and O–H groups in total. The van der Waals surface area contributed by atoms with Gasteiger partial charge in [0.15, 0.2) is 5.54 Å². The van der Waals surface area contributed by atoms with Crippen LogP contribution in [0.25, 0.3) is 0 Å². The third-order valence-corrected chi connectivity index (χ3v) is 3.68. The lowest BCUT2D eigenvalue weighted by molar-refractivity contribution is -0.146. The summed E-state index contributed by atoms with van der Waals surface area (Å²) in [5, 5.41) is 16.8. The number of hydrogen-bond acceptors (Lipinski definition) is 4. The molecule has 122 valence electrons. The molecule has 8 heteroatoms. The fraction of sp³-hybridized carbons (Fsp3) is 0.333. The van der Waals surface area contributed by atoms with Crippen LogP contribution in [0.2, 0.25) is 0 Å². The number of amides is 2. The Kier molecular flexibility index (Phi) is 4.44. The highest BCUT2D eigenvalue weighted by atomic mass is 19.1. The molecule has 1 atom stereocenters. The molecule has 7 nitrogen and oxygen atoms in total. The van der Waals surface area contributed by atoms with Crippen LogP contribution in [-0.4, -0.2) is 40.7 Å². The maximum Gasteiger partial charge on any atom is 0.333 e. The number of nitrogens with one attached hydrogen (secondary N) is 1. The summed E-state index contributed by atoms with van der Waals surface area (Å²) in [6.07, 6.45) is 0.261. The summed E-state index contributed by atoms with van der Waals surface area (Å²) in [6.45, 7) is 1.30. The predicted molar refractivity (Wildman–Crippen MR) is 79.0 cm³/mol. The Bertz CT molecular complexity index is 686. The SMILES string of the molecule is CN1N=C(C(=O)NC(C)(C(=O)O)c2ccc(F)cc2)CCC1=O. The maximum atomic E-state index is 13.0. The molecule has 1 aromatic carbocycles. The lowest BCUT2D eigenvalue weighted by atomic mass is 9.91. The Labute approximate surface area is 131 Å². The van der Waals surface area contributed by atoms with Crippen molar-refractivity contribution in [2.45, 2.75) is 25.3 Å². The Hall–Kier alpha value is -2.77. The van der Waals surface area contributed by atoms with Gasteiger partial charge in [0.25, 0.3) is 5.91 Å². The van der Waals surface area contributed by atoms with E-state index in [0.717, 1.165) is 17.1 Å². The van der Waals surface area contributed by atoms with Crippen molar-refractivity contribution in [1.82, 2.24) is 10.3 Å². The van der Waals surface area contributed by atoms with E-state index in [9.17, 15) is 23.9 Å². The first-order valence-electron chi connectivity index (χ1n) is 6.90. The van der Waals surface area contributed by atoms with E-state index in [-0.39, 0.29) is 30.0 Å². The van der Waals surface area contributed by atoms with Gasteiger partial charge in [-0.05, 0) is 24.6 Å². The van der Waals surface area contributed by atoms with Crippen LogP contribution < -0.4 is 5.32 Å². The van der Waals surface area contributed by atoms with Crippen LogP contribution in [0.5, 0.6) is 0 Å². The molecule has 0 saturated heterocycles. The van der Waals surface area contributed by atoms with Gasteiger partial charge in [-0.3, -0.25) is 9.59 Å². The molecule has 0 aromatic heterocycles. The van der Waals surface area contributed by atoms with Crippen molar-refractivity contribution < 1.29 is 23.9 Å². The molecule has 0 saturated carbocycles. The number of hydrazone groups is 1. The Morgan fingerprint density at radius 3 is 2.43 bits per heavy atom. The zero-order valence-electron chi connectivity index (χ0n) is 12.7. The monoisotopic (exact) mass is 321 g/mol. The highest BCUT2D eigenvalue weighted by Gasteiger charge is 2.38. The molecule has 0 bridgehead atoms. The molecule has 1 aliphatic heterocycles. The number of aliphatic carboxylic acids is 1. The second kappa shape index (κ2) is 6.15. The van der Waals surface area contributed by atoms with Crippen molar-refractivity contribution >= 4 is 23.5 Å². The van der Waals surface area contributed by atoms with Gasteiger partial charge in [-0.15, -0.1) is 0 Å². The fourth-order valence-corrected chi connectivity index (χ4v) is 2.16. The predicted octanol–water partition coefficient (Wildman–Crippen LogP) is 0.850. The number of nitrogens with zero attached hydrogens (tertiary/aromatic N) is 2. The van der Waals surface area contributed by atoms with E-state index in [0.29, 0.717) is 0 Å². The maximum absolute atomic E-state index is 13.0. The van der Waals surface area contributed by atoms with Crippen LogP contribution in [0.3, 0.4) is 0 Å². The van der Waals surface area contributed by atoms with Crippen LogP contribution in [0.1, 0.15) is 25.3 Å². The number of hydrogen-bond donors (Lipinski definition) is 2. The first kappa shape index (κ1) is 16.6. The molecule has 1 aliphatic rings. The Morgan fingerprint density at radius 1 is 1.30 bits per heavy atom. The van der Waals surface area contributed by atoms with Gasteiger partial charge < -0.3 is 10.4 Å². The van der Waals surface area contributed by atoms with E-state index in [1.54, 1.807) is 0 Å². The molecule has 1 unspecified atom stereocenters. The van der Waals surface area contributed by atoms with Crippen LogP contribution >= 0.6 is 0 Å². The molecular weight excluding hydrogens is 305 g/mol. The van der Waals surface area contributed by atoms with Gasteiger partial charge in [-0.2, -0.15) is 5.10 Å². The van der Waals surface area contributed by atoms with Gasteiger partial charge in [-0.1, -0.05) is 12.1 Å². The smallest absolute Gasteiger partial charge is 0.333 e. The molecule has 0 radical (unpaired) electrons. The van der Waals surface area contributed by atoms with Gasteiger partial charge in [0.1, 0.15) is 11.5 Å². The van der Waals surface area contributed by atoms with E-state index in [1.165, 1.54) is 26.1 Å². The molecular formula is C15H16FN3O4. The second-order valence-corrected chi connectivity index (χ2v) is 5.36. The van der Waals surface area contributed by atoms with Crippen molar-refractivity contribution in [3.05, 3.63) is 35.6 Å². The number of carboxylic acids is 1. The third-order valence-electron chi connectivity index (χ3n) is 3.68. The summed E-state index contributed by atoms with van der Waals surface area (Å²) in [7, 11) is 1.42. The molecule has 0 fully saturated rings.